The summed E-state index contributed by atoms with van der Waals surface area (Å²) in [5, 5.41) is 0.825. The molecule has 2 aromatic heterocycles. The molecule has 0 fully saturated rings. The topological polar surface area (TPSA) is 30.0 Å². The van der Waals surface area contributed by atoms with E-state index in [0.29, 0.717) is 4.88 Å². The van der Waals surface area contributed by atoms with Crippen molar-refractivity contribution in [1.82, 2.24) is 4.98 Å². The zero-order valence-corrected chi connectivity index (χ0v) is 17.6. The first-order valence-electron chi connectivity index (χ1n) is 9.75. The van der Waals surface area contributed by atoms with Crippen LogP contribution in [-0.2, 0) is 12.4 Å². The Morgan fingerprint density at radius 2 is 1.58 bits per heavy atom. The van der Waals surface area contributed by atoms with E-state index in [4.69, 9.17) is 0 Å². The molecule has 0 saturated heterocycles. The molecule has 2 heterocycles. The number of carbonyl (C=O) groups is 1. The number of hydrogen-bond acceptors (Lipinski definition) is 3. The van der Waals surface area contributed by atoms with Crippen molar-refractivity contribution in [3.8, 4) is 0 Å². The normalized spacial score (nSPS) is 13.3. The highest BCUT2D eigenvalue weighted by atomic mass is 32.1. The third-order valence-corrected chi connectivity index (χ3v) is 6.36. The fourth-order valence-electron chi connectivity index (χ4n) is 3.62. The second kappa shape index (κ2) is 8.62. The van der Waals surface area contributed by atoms with E-state index in [1.807, 2.05) is 18.2 Å². The standard InChI is InChI=1S/C24H15F6NOS/c25-23(26,27)16-9-7-14(8-10-16)17(22-18(24(28,29)30)5-3-11-31-22)13-19(32)21-12-15-4-1-2-6-20(15)33-21/h1-12,17H,13H2/t17-/m0/s1. The van der Waals surface area contributed by atoms with E-state index in [2.05, 4.69) is 4.98 Å². The van der Waals surface area contributed by atoms with Crippen molar-refractivity contribution in [3.63, 3.8) is 0 Å². The van der Waals surface area contributed by atoms with E-state index in [0.717, 1.165) is 46.5 Å². The van der Waals surface area contributed by atoms with Crippen molar-refractivity contribution >= 4 is 27.2 Å². The van der Waals surface area contributed by atoms with Gasteiger partial charge in [-0.2, -0.15) is 26.3 Å². The summed E-state index contributed by atoms with van der Waals surface area (Å²) in [6.45, 7) is 0. The average Bonchev–Trinajstić information content (AvgIpc) is 3.21. The highest BCUT2D eigenvalue weighted by molar-refractivity contribution is 7.20. The van der Waals surface area contributed by atoms with Gasteiger partial charge in [0.2, 0.25) is 0 Å². The summed E-state index contributed by atoms with van der Waals surface area (Å²) in [4.78, 5) is 17.3. The van der Waals surface area contributed by atoms with Crippen molar-refractivity contribution in [1.29, 1.82) is 0 Å². The van der Waals surface area contributed by atoms with Crippen molar-refractivity contribution in [3.05, 3.63) is 100 Å². The number of hydrogen-bond donors (Lipinski definition) is 0. The predicted molar refractivity (Wildman–Crippen MR) is 113 cm³/mol. The van der Waals surface area contributed by atoms with Gasteiger partial charge in [0.15, 0.2) is 5.78 Å². The van der Waals surface area contributed by atoms with Crippen LogP contribution in [0, 0.1) is 0 Å². The molecule has 0 N–H and O–H groups in total. The molecule has 0 bridgehead atoms. The minimum Gasteiger partial charge on any atom is -0.293 e. The molecule has 2 aromatic carbocycles. The summed E-state index contributed by atoms with van der Waals surface area (Å²) in [7, 11) is 0. The lowest BCUT2D eigenvalue weighted by atomic mass is 9.87. The minimum atomic E-state index is -4.74. The molecule has 0 saturated carbocycles. The lowest BCUT2D eigenvalue weighted by molar-refractivity contribution is -0.139. The fraction of sp³-hybridized carbons (Fsp3) is 0.167. The molecule has 0 radical (unpaired) electrons. The van der Waals surface area contributed by atoms with Gasteiger partial charge in [-0.25, -0.2) is 0 Å². The second-order valence-electron chi connectivity index (χ2n) is 7.38. The lowest BCUT2D eigenvalue weighted by Crippen LogP contribution is -2.17. The number of fused-ring (bicyclic) bond motifs is 1. The van der Waals surface area contributed by atoms with E-state index in [9.17, 15) is 31.1 Å². The Hall–Kier alpha value is -3.20. The molecule has 0 unspecified atom stereocenters. The van der Waals surface area contributed by atoms with E-state index >= 15 is 0 Å². The quantitative estimate of drug-likeness (QED) is 0.217. The van der Waals surface area contributed by atoms with Gasteiger partial charge < -0.3 is 0 Å². The zero-order valence-electron chi connectivity index (χ0n) is 16.7. The van der Waals surface area contributed by atoms with Gasteiger partial charge in [-0.3, -0.25) is 9.78 Å². The monoisotopic (exact) mass is 479 g/mol. The van der Waals surface area contributed by atoms with Gasteiger partial charge in [-0.05, 0) is 47.3 Å². The largest absolute Gasteiger partial charge is 0.418 e. The smallest absolute Gasteiger partial charge is 0.293 e. The molecule has 33 heavy (non-hydrogen) atoms. The van der Waals surface area contributed by atoms with Crippen LogP contribution in [0.4, 0.5) is 26.3 Å². The van der Waals surface area contributed by atoms with Gasteiger partial charge in [0, 0.05) is 23.2 Å². The molecular formula is C24H15F6NOS. The number of rotatable bonds is 5. The Labute approximate surface area is 188 Å². The zero-order chi connectivity index (χ0) is 23.8. The molecule has 2 nitrogen and oxygen atoms in total. The number of carbonyl (C=O) groups excluding carboxylic acids is 1. The summed E-state index contributed by atoms with van der Waals surface area (Å²) in [5.74, 6) is -1.59. The number of nitrogens with zero attached hydrogens (tertiary/aromatic N) is 1. The molecule has 0 aliphatic carbocycles. The van der Waals surface area contributed by atoms with Crippen LogP contribution in [0.15, 0.2) is 72.9 Å². The number of thiophene rings is 1. The number of pyridine rings is 1. The molecule has 9 heteroatoms. The first-order valence-corrected chi connectivity index (χ1v) is 10.6. The van der Waals surface area contributed by atoms with E-state index in [1.54, 1.807) is 12.1 Å². The van der Waals surface area contributed by atoms with Crippen LogP contribution in [0.1, 0.15) is 44.4 Å². The highest BCUT2D eigenvalue weighted by Gasteiger charge is 2.37. The van der Waals surface area contributed by atoms with Crippen LogP contribution in [0.3, 0.4) is 0 Å². The Morgan fingerprint density at radius 1 is 0.879 bits per heavy atom. The van der Waals surface area contributed by atoms with Gasteiger partial charge in [0.25, 0.3) is 0 Å². The maximum Gasteiger partial charge on any atom is 0.418 e. The highest BCUT2D eigenvalue weighted by Crippen LogP contribution is 2.40. The fourth-order valence-corrected chi connectivity index (χ4v) is 4.63. The maximum atomic E-state index is 13.7. The van der Waals surface area contributed by atoms with Crippen molar-refractivity contribution in [2.45, 2.75) is 24.7 Å². The third kappa shape index (κ3) is 4.93. The van der Waals surface area contributed by atoms with Crippen LogP contribution in [0.5, 0.6) is 0 Å². The van der Waals surface area contributed by atoms with Gasteiger partial charge in [0.1, 0.15) is 0 Å². The number of ketones is 1. The number of benzene rings is 2. The molecule has 4 rings (SSSR count). The minimum absolute atomic E-state index is 0.140. The summed E-state index contributed by atoms with van der Waals surface area (Å²) in [5.41, 5.74) is -2.22. The molecule has 0 aliphatic rings. The summed E-state index contributed by atoms with van der Waals surface area (Å²) in [6.07, 6.45) is -8.54. The maximum absolute atomic E-state index is 13.7. The Kier molecular flexibility index (Phi) is 6.00. The second-order valence-corrected chi connectivity index (χ2v) is 8.47. The number of halogens is 6. The van der Waals surface area contributed by atoms with Crippen LogP contribution in [0.25, 0.3) is 10.1 Å². The molecule has 0 spiro atoms. The third-order valence-electron chi connectivity index (χ3n) is 5.20. The Morgan fingerprint density at radius 3 is 2.21 bits per heavy atom. The average molecular weight is 479 g/mol. The molecule has 0 aliphatic heterocycles. The predicted octanol–water partition coefficient (Wildman–Crippen LogP) is 7.74. The number of alkyl halides is 6. The van der Waals surface area contributed by atoms with Crippen molar-refractivity contribution in [2.75, 3.05) is 0 Å². The van der Waals surface area contributed by atoms with E-state index in [1.165, 1.54) is 17.5 Å². The first-order chi connectivity index (χ1) is 15.5. The van der Waals surface area contributed by atoms with Gasteiger partial charge >= 0.3 is 12.4 Å². The number of aromatic nitrogens is 1. The molecule has 0 amide bonds. The molecule has 170 valence electrons. The summed E-state index contributed by atoms with van der Waals surface area (Å²) < 4.78 is 80.8. The van der Waals surface area contributed by atoms with Crippen LogP contribution in [0.2, 0.25) is 0 Å². The molecule has 4 aromatic rings. The summed E-state index contributed by atoms with van der Waals surface area (Å²) in [6, 6.07) is 14.7. The molecule has 1 atom stereocenters. The van der Waals surface area contributed by atoms with Crippen molar-refractivity contribution < 1.29 is 31.1 Å². The Balaban J connectivity index is 1.77. The summed E-state index contributed by atoms with van der Waals surface area (Å²) >= 11 is 1.21. The van der Waals surface area contributed by atoms with Gasteiger partial charge in [-0.15, -0.1) is 11.3 Å². The van der Waals surface area contributed by atoms with E-state index < -0.39 is 40.9 Å². The first kappa shape index (κ1) is 23.0. The van der Waals surface area contributed by atoms with Crippen LogP contribution < -0.4 is 0 Å². The van der Waals surface area contributed by atoms with Gasteiger partial charge in [-0.1, -0.05) is 30.3 Å². The lowest BCUT2D eigenvalue weighted by Gasteiger charge is -2.21. The van der Waals surface area contributed by atoms with Crippen LogP contribution >= 0.6 is 11.3 Å². The number of Topliss-reactive ketones (excluding diaryl/α,β-unsaturated/α-hetero) is 1. The van der Waals surface area contributed by atoms with Crippen LogP contribution in [-0.4, -0.2) is 10.8 Å². The van der Waals surface area contributed by atoms with E-state index in [-0.39, 0.29) is 12.0 Å². The molecular weight excluding hydrogens is 464 g/mol. The SMILES string of the molecule is O=C(C[C@@H](c1ccc(C(F)(F)F)cc1)c1ncccc1C(F)(F)F)c1cc2ccccc2s1. The van der Waals surface area contributed by atoms with Gasteiger partial charge in [0.05, 0.1) is 21.7 Å². The van der Waals surface area contributed by atoms with Crippen molar-refractivity contribution in [2.24, 2.45) is 0 Å². The Bertz CT molecular complexity index is 1260.